The van der Waals surface area contributed by atoms with Crippen molar-refractivity contribution >= 4 is 39.4 Å². The largest absolute Gasteiger partial charge is 0.507 e. The molecule has 5 nitrogen and oxygen atoms in total. The lowest BCUT2D eigenvalue weighted by Crippen LogP contribution is -2.34. The first-order valence-corrected chi connectivity index (χ1v) is 6.17. The summed E-state index contributed by atoms with van der Waals surface area (Å²) in [7, 11) is 1.21. The molecule has 0 heterocycles. The van der Waals surface area contributed by atoms with E-state index < -0.39 is 17.3 Å². The molecular formula is C11H11BrClNO4. The molecule has 1 unspecified atom stereocenters. The maximum Gasteiger partial charge on any atom is 0.325 e. The third-order valence-corrected chi connectivity index (χ3v) is 2.93. The summed E-state index contributed by atoms with van der Waals surface area (Å²) < 4.78 is 5.07. The molecule has 2 N–H and O–H groups in total. The number of hydrogen-bond donors (Lipinski definition) is 2. The Balaban J connectivity index is 2.63. The molecule has 0 saturated carbocycles. The van der Waals surface area contributed by atoms with Gasteiger partial charge in [0.25, 0.3) is 5.91 Å². The van der Waals surface area contributed by atoms with Crippen molar-refractivity contribution in [1.82, 2.24) is 5.32 Å². The standard InChI is InChI=1S/C11H11BrClNO4/c1-18-11(17)8(13)5-14-10(16)7-3-2-6(12)4-9(7)15/h2-4,8,15H,5H2,1H3,(H,14,16). The van der Waals surface area contributed by atoms with Crippen molar-refractivity contribution in [2.45, 2.75) is 5.38 Å². The van der Waals surface area contributed by atoms with Crippen LogP contribution in [0.5, 0.6) is 5.75 Å². The van der Waals surface area contributed by atoms with Gasteiger partial charge >= 0.3 is 5.97 Å². The number of hydrogen-bond acceptors (Lipinski definition) is 4. The number of benzene rings is 1. The Hall–Kier alpha value is -1.27. The summed E-state index contributed by atoms with van der Waals surface area (Å²) in [5, 5.41) is 11.0. The molecule has 0 aliphatic carbocycles. The van der Waals surface area contributed by atoms with Crippen molar-refractivity contribution in [2.75, 3.05) is 13.7 Å². The summed E-state index contributed by atoms with van der Waals surface area (Å²) in [6, 6.07) is 4.47. The average molecular weight is 337 g/mol. The van der Waals surface area contributed by atoms with Crippen LogP contribution in [0.25, 0.3) is 0 Å². The second-order valence-corrected chi connectivity index (χ2v) is 4.80. The highest BCUT2D eigenvalue weighted by atomic mass is 79.9. The molecule has 1 aromatic rings. The van der Waals surface area contributed by atoms with Crippen LogP contribution in [0.3, 0.4) is 0 Å². The van der Waals surface area contributed by atoms with Crippen LogP contribution >= 0.6 is 27.5 Å². The minimum absolute atomic E-state index is 0.0808. The van der Waals surface area contributed by atoms with Gasteiger partial charge in [-0.15, -0.1) is 11.6 Å². The third-order valence-electron chi connectivity index (χ3n) is 2.10. The van der Waals surface area contributed by atoms with Gasteiger partial charge in [-0.05, 0) is 18.2 Å². The molecule has 0 spiro atoms. The third kappa shape index (κ3) is 3.89. The number of halogens is 2. The zero-order valence-electron chi connectivity index (χ0n) is 9.44. The fraction of sp³-hybridized carbons (Fsp3) is 0.273. The Morgan fingerprint density at radius 1 is 1.56 bits per heavy atom. The highest BCUT2D eigenvalue weighted by molar-refractivity contribution is 9.10. The van der Waals surface area contributed by atoms with E-state index in [1.165, 1.54) is 19.2 Å². The maximum absolute atomic E-state index is 11.7. The monoisotopic (exact) mass is 335 g/mol. The molecule has 7 heteroatoms. The van der Waals surface area contributed by atoms with Crippen LogP contribution in [-0.2, 0) is 9.53 Å². The molecule has 0 aromatic heterocycles. The van der Waals surface area contributed by atoms with Gasteiger partial charge in [-0.2, -0.15) is 0 Å². The Morgan fingerprint density at radius 3 is 2.78 bits per heavy atom. The number of ether oxygens (including phenoxy) is 1. The quantitative estimate of drug-likeness (QED) is 0.648. The molecule has 1 atom stereocenters. The number of nitrogens with one attached hydrogen (secondary N) is 1. The van der Waals surface area contributed by atoms with Crippen molar-refractivity contribution in [2.24, 2.45) is 0 Å². The van der Waals surface area contributed by atoms with E-state index in [0.29, 0.717) is 4.47 Å². The minimum Gasteiger partial charge on any atom is -0.507 e. The van der Waals surface area contributed by atoms with Crippen molar-refractivity contribution in [3.63, 3.8) is 0 Å². The lowest BCUT2D eigenvalue weighted by atomic mass is 10.2. The van der Waals surface area contributed by atoms with Gasteiger partial charge in [0.05, 0.1) is 12.7 Å². The van der Waals surface area contributed by atoms with Gasteiger partial charge in [-0.25, -0.2) is 0 Å². The topological polar surface area (TPSA) is 75.6 Å². The number of aromatic hydroxyl groups is 1. The van der Waals surface area contributed by atoms with E-state index in [9.17, 15) is 14.7 Å². The number of carbonyl (C=O) groups excluding carboxylic acids is 2. The predicted octanol–water partition coefficient (Wildman–Crippen LogP) is 1.66. The molecule has 18 heavy (non-hydrogen) atoms. The van der Waals surface area contributed by atoms with E-state index in [2.05, 4.69) is 26.0 Å². The molecule has 0 saturated heterocycles. The highest BCUT2D eigenvalue weighted by Crippen LogP contribution is 2.22. The van der Waals surface area contributed by atoms with E-state index in [0.717, 1.165) is 0 Å². The number of alkyl halides is 1. The first-order chi connectivity index (χ1) is 8.45. The van der Waals surface area contributed by atoms with Crippen LogP contribution < -0.4 is 5.32 Å². The summed E-state index contributed by atoms with van der Waals surface area (Å²) in [6.45, 7) is -0.0808. The van der Waals surface area contributed by atoms with E-state index in [1.807, 2.05) is 0 Å². The van der Waals surface area contributed by atoms with E-state index >= 15 is 0 Å². The van der Waals surface area contributed by atoms with E-state index in [4.69, 9.17) is 11.6 Å². The Labute approximate surface area is 117 Å². The van der Waals surface area contributed by atoms with E-state index in [-0.39, 0.29) is 17.9 Å². The molecule has 0 bridgehead atoms. The Bertz CT molecular complexity index is 466. The smallest absolute Gasteiger partial charge is 0.325 e. The number of amides is 1. The van der Waals surface area contributed by atoms with Crippen LogP contribution in [0, 0.1) is 0 Å². The summed E-state index contributed by atoms with van der Waals surface area (Å²) in [4.78, 5) is 22.7. The van der Waals surface area contributed by atoms with Gasteiger partial charge in [0, 0.05) is 11.0 Å². The zero-order valence-corrected chi connectivity index (χ0v) is 11.8. The average Bonchev–Trinajstić information content (AvgIpc) is 2.34. The number of methoxy groups -OCH3 is 1. The minimum atomic E-state index is -0.962. The van der Waals surface area contributed by atoms with Crippen LogP contribution in [0.2, 0.25) is 0 Å². The Morgan fingerprint density at radius 2 is 2.22 bits per heavy atom. The van der Waals surface area contributed by atoms with Gasteiger partial charge in [0.2, 0.25) is 0 Å². The van der Waals surface area contributed by atoms with Crippen molar-refractivity contribution < 1.29 is 19.4 Å². The SMILES string of the molecule is COC(=O)C(Cl)CNC(=O)c1ccc(Br)cc1O. The number of phenols is 1. The van der Waals surface area contributed by atoms with Gasteiger partial charge in [-0.1, -0.05) is 15.9 Å². The first-order valence-electron chi connectivity index (χ1n) is 4.94. The van der Waals surface area contributed by atoms with Crippen LogP contribution in [-0.4, -0.2) is 36.0 Å². The maximum atomic E-state index is 11.7. The summed E-state index contributed by atoms with van der Waals surface area (Å²) in [5.74, 6) is -1.31. The van der Waals surface area contributed by atoms with Gasteiger partial charge in [0.15, 0.2) is 0 Å². The van der Waals surface area contributed by atoms with Gasteiger partial charge in [0.1, 0.15) is 11.1 Å². The molecule has 0 aliphatic heterocycles. The van der Waals surface area contributed by atoms with Gasteiger partial charge < -0.3 is 15.2 Å². The molecule has 0 fully saturated rings. The van der Waals surface area contributed by atoms with Crippen molar-refractivity contribution in [1.29, 1.82) is 0 Å². The first kappa shape index (κ1) is 14.8. The highest BCUT2D eigenvalue weighted by Gasteiger charge is 2.18. The van der Waals surface area contributed by atoms with Crippen LogP contribution in [0.4, 0.5) is 0 Å². The fourth-order valence-corrected chi connectivity index (χ4v) is 1.70. The lowest BCUT2D eigenvalue weighted by molar-refractivity contribution is -0.140. The molecular weight excluding hydrogens is 325 g/mol. The van der Waals surface area contributed by atoms with Crippen LogP contribution in [0.15, 0.2) is 22.7 Å². The lowest BCUT2D eigenvalue weighted by Gasteiger charge is -2.10. The Kier molecular flexibility index (Phi) is 5.43. The van der Waals surface area contributed by atoms with Crippen molar-refractivity contribution in [3.05, 3.63) is 28.2 Å². The molecule has 0 radical (unpaired) electrons. The molecule has 1 amide bonds. The summed E-state index contributed by atoms with van der Waals surface area (Å²) >= 11 is 8.83. The van der Waals surface area contributed by atoms with Crippen LogP contribution in [0.1, 0.15) is 10.4 Å². The van der Waals surface area contributed by atoms with E-state index in [1.54, 1.807) is 6.07 Å². The zero-order chi connectivity index (χ0) is 13.7. The second kappa shape index (κ2) is 6.61. The number of esters is 1. The number of phenolic OH excluding ortho intramolecular Hbond substituents is 1. The second-order valence-electron chi connectivity index (χ2n) is 3.36. The van der Waals surface area contributed by atoms with Gasteiger partial charge in [-0.3, -0.25) is 9.59 Å². The molecule has 1 aromatic carbocycles. The number of carbonyl (C=O) groups is 2. The molecule has 1 rings (SSSR count). The normalized spacial score (nSPS) is 11.7. The summed E-state index contributed by atoms with van der Waals surface area (Å²) in [6.07, 6.45) is 0. The number of rotatable bonds is 4. The van der Waals surface area contributed by atoms with Crippen molar-refractivity contribution in [3.8, 4) is 5.75 Å². The summed E-state index contributed by atoms with van der Waals surface area (Å²) in [5.41, 5.74) is 0.104. The molecule has 98 valence electrons. The fourth-order valence-electron chi connectivity index (χ4n) is 1.19. The predicted molar refractivity (Wildman–Crippen MR) is 69.8 cm³/mol. The molecule has 0 aliphatic rings.